The number of hydrogen-bond donors (Lipinski definition) is 1. The second-order valence-corrected chi connectivity index (χ2v) is 22.5. The van der Waals surface area contributed by atoms with Crippen LogP contribution in [-0.4, -0.2) is 128 Å². The van der Waals surface area contributed by atoms with E-state index in [9.17, 15) is 22.8 Å². The number of anilines is 6. The van der Waals surface area contributed by atoms with E-state index in [-0.39, 0.29) is 30.7 Å². The molecular weight excluding hydrogens is 937 g/mol. The Morgan fingerprint density at radius 3 is 2.25 bits per heavy atom. The molecule has 19 heteroatoms. The fourth-order valence-electron chi connectivity index (χ4n) is 10.2. The Hall–Kier alpha value is -6.99. The third kappa shape index (κ3) is 10.3. The molecule has 5 aliphatic heterocycles. The molecule has 5 aliphatic rings. The molecule has 3 fully saturated rings. The van der Waals surface area contributed by atoms with Gasteiger partial charge in [0.15, 0.2) is 9.84 Å². The summed E-state index contributed by atoms with van der Waals surface area (Å²) in [6.45, 7) is 13.2. The van der Waals surface area contributed by atoms with Crippen LogP contribution in [0.5, 0.6) is 11.6 Å². The normalized spacial score (nSPS) is 18.0. The van der Waals surface area contributed by atoms with E-state index >= 15 is 0 Å². The summed E-state index contributed by atoms with van der Waals surface area (Å²) in [6, 6.07) is 22.8. The molecule has 18 nitrogen and oxygen atoms in total. The van der Waals surface area contributed by atoms with Gasteiger partial charge in [0, 0.05) is 67.5 Å². The van der Waals surface area contributed by atoms with Gasteiger partial charge in [0.25, 0.3) is 0 Å². The van der Waals surface area contributed by atoms with Crippen LogP contribution in [0.15, 0.2) is 85.2 Å². The molecule has 0 aliphatic carbocycles. The van der Waals surface area contributed by atoms with Gasteiger partial charge < -0.3 is 29.3 Å². The maximum Gasteiger partial charge on any atom is 0.415 e. The number of likely N-dealkylation sites (tertiary alicyclic amines) is 1. The Bertz CT molecular complexity index is 2940. The van der Waals surface area contributed by atoms with Gasteiger partial charge in [-0.25, -0.2) is 33.0 Å². The largest absolute Gasteiger partial charge is 0.497 e. The first-order chi connectivity index (χ1) is 34.6. The van der Waals surface area contributed by atoms with Crippen molar-refractivity contribution in [2.24, 2.45) is 0 Å². The topological polar surface area (TPSA) is 183 Å². The van der Waals surface area contributed by atoms with Crippen LogP contribution in [0.3, 0.4) is 0 Å². The second-order valence-electron chi connectivity index (χ2n) is 20.2. The van der Waals surface area contributed by atoms with Crippen molar-refractivity contribution < 1.29 is 37.0 Å². The van der Waals surface area contributed by atoms with E-state index in [1.165, 1.54) is 4.90 Å². The van der Waals surface area contributed by atoms with Crippen LogP contribution in [-0.2, 0) is 44.6 Å². The number of nitrogens with zero attached hydrogens (tertiary/aromatic N) is 9. The van der Waals surface area contributed by atoms with E-state index in [2.05, 4.69) is 30.0 Å². The van der Waals surface area contributed by atoms with Crippen molar-refractivity contribution in [2.45, 2.75) is 89.1 Å². The number of aromatic nitrogens is 3. The van der Waals surface area contributed by atoms with Crippen LogP contribution in [0.2, 0.25) is 0 Å². The predicted molar refractivity (Wildman–Crippen MR) is 275 cm³/mol. The number of carbonyl (C=O) groups is 3. The molecule has 3 aromatic carbocycles. The Morgan fingerprint density at radius 1 is 0.833 bits per heavy atom. The lowest BCUT2D eigenvalue weighted by molar-refractivity contribution is -0.129. The van der Waals surface area contributed by atoms with Crippen molar-refractivity contribution in [3.63, 3.8) is 0 Å². The summed E-state index contributed by atoms with van der Waals surface area (Å²) >= 11 is 0. The number of fused-ring (bicyclic) bond motifs is 2. The van der Waals surface area contributed by atoms with Gasteiger partial charge in [0.1, 0.15) is 23.6 Å². The lowest BCUT2D eigenvalue weighted by atomic mass is 10.0. The molecule has 1 N–H and O–H groups in total. The summed E-state index contributed by atoms with van der Waals surface area (Å²) in [5, 5.41) is 2.91. The summed E-state index contributed by atoms with van der Waals surface area (Å²) in [5.41, 5.74) is 7.84. The van der Waals surface area contributed by atoms with E-state index < -0.39 is 26.8 Å². The third-order valence-corrected chi connectivity index (χ3v) is 16.5. The number of nitrogens with one attached hydrogen (secondary N) is 1. The summed E-state index contributed by atoms with van der Waals surface area (Å²) < 4.78 is 44.3. The fourth-order valence-corrected chi connectivity index (χ4v) is 12.0. The summed E-state index contributed by atoms with van der Waals surface area (Å²) in [5.74, 6) is 1.36. The molecule has 72 heavy (non-hydrogen) atoms. The minimum Gasteiger partial charge on any atom is -0.497 e. The highest BCUT2D eigenvalue weighted by atomic mass is 32.2. The number of rotatable bonds is 12. The van der Waals surface area contributed by atoms with Crippen molar-refractivity contribution in [3.8, 4) is 11.6 Å². The van der Waals surface area contributed by atoms with Crippen LogP contribution < -0.4 is 34.4 Å². The zero-order chi connectivity index (χ0) is 50.3. The standard InChI is InChI=1S/C53H62N10O8S/c1-35-46(29-54-49-48(35)62(26-27-70-49)52(66)71-53(2,3)4)59-22-18-38-28-55-50(57-45(38)33-59)56-39-10-6-37(7-11-39)34-72(67,68)44-19-23-58(24-20-44)42-31-60(32-42)40-12-14-41(15-13-40)61-25-21-47(64)63(51(61)65)30-36-8-16-43(69-5)17-9-36/h6-17,28-29,42,44H,18-27,30-34H2,1-5H3,(H,55,56,57). The quantitative estimate of drug-likeness (QED) is 0.132. The third-order valence-electron chi connectivity index (χ3n) is 14.2. The van der Waals surface area contributed by atoms with Gasteiger partial charge in [-0.05, 0) is 125 Å². The SMILES string of the molecule is COc1ccc(CN2C(=O)CCN(c3ccc(N4CC(N5CCC(S(=O)(=O)Cc6ccc(Nc7ncc8c(n7)CN(c7cnc9c(c7C)N(C(=O)OC(C)(C)C)CCO9)CC8)cc6)CC5)C4)cc3)C2=O)cc1. The Kier molecular flexibility index (Phi) is 13.4. The Labute approximate surface area is 420 Å². The van der Waals surface area contributed by atoms with Gasteiger partial charge in [-0.15, -0.1) is 0 Å². The Morgan fingerprint density at radius 2 is 1.54 bits per heavy atom. The molecular formula is C53H62N10O8S. The van der Waals surface area contributed by atoms with Crippen molar-refractivity contribution in [2.75, 3.05) is 84.4 Å². The van der Waals surface area contributed by atoms with E-state index in [0.29, 0.717) is 68.4 Å². The number of piperidine rings is 1. The zero-order valence-electron chi connectivity index (χ0n) is 41.5. The first-order valence-corrected chi connectivity index (χ1v) is 26.4. The molecule has 0 saturated carbocycles. The fraction of sp³-hybridized carbons (Fsp3) is 0.434. The molecule has 7 heterocycles. The van der Waals surface area contributed by atoms with E-state index in [4.69, 9.17) is 19.2 Å². The van der Waals surface area contributed by atoms with Crippen molar-refractivity contribution in [3.05, 3.63) is 113 Å². The predicted octanol–water partition coefficient (Wildman–Crippen LogP) is 7.26. The van der Waals surface area contributed by atoms with E-state index in [1.807, 2.05) is 107 Å². The molecule has 2 aromatic heterocycles. The molecule has 0 radical (unpaired) electrons. The maximum absolute atomic E-state index is 13.7. The number of amides is 4. The summed E-state index contributed by atoms with van der Waals surface area (Å²) in [7, 11) is -1.78. The first kappa shape index (κ1) is 48.6. The van der Waals surface area contributed by atoms with Crippen LogP contribution in [0.4, 0.5) is 44.0 Å². The lowest BCUT2D eigenvalue weighted by Gasteiger charge is -2.48. The van der Waals surface area contributed by atoms with Crippen molar-refractivity contribution in [1.29, 1.82) is 0 Å². The van der Waals surface area contributed by atoms with Crippen LogP contribution >= 0.6 is 0 Å². The number of methoxy groups -OCH3 is 1. The highest BCUT2D eigenvalue weighted by Gasteiger charge is 2.38. The number of ether oxygens (including phenoxy) is 3. The van der Waals surface area contributed by atoms with E-state index in [1.54, 1.807) is 23.1 Å². The highest BCUT2D eigenvalue weighted by molar-refractivity contribution is 7.91. The molecule has 0 bridgehead atoms. The van der Waals surface area contributed by atoms with Crippen LogP contribution in [0.1, 0.15) is 68.0 Å². The number of hydrogen-bond acceptors (Lipinski definition) is 15. The molecule has 0 unspecified atom stereocenters. The van der Waals surface area contributed by atoms with E-state index in [0.717, 1.165) is 89.8 Å². The molecule has 378 valence electrons. The minimum absolute atomic E-state index is 0.0189. The number of pyridine rings is 1. The number of imide groups is 1. The maximum atomic E-state index is 13.7. The number of benzene rings is 3. The van der Waals surface area contributed by atoms with Gasteiger partial charge in [-0.3, -0.25) is 24.4 Å². The van der Waals surface area contributed by atoms with Gasteiger partial charge in [-0.2, -0.15) is 0 Å². The average Bonchev–Trinajstić information content (AvgIpc) is 3.35. The molecule has 3 saturated heterocycles. The molecule has 0 spiro atoms. The first-order valence-electron chi connectivity index (χ1n) is 24.7. The minimum atomic E-state index is -3.38. The monoisotopic (exact) mass is 998 g/mol. The number of carbonyl (C=O) groups excluding carboxylic acids is 3. The smallest absolute Gasteiger partial charge is 0.415 e. The van der Waals surface area contributed by atoms with Gasteiger partial charge in [-0.1, -0.05) is 24.3 Å². The number of sulfone groups is 1. The van der Waals surface area contributed by atoms with Gasteiger partial charge in [0.05, 0.1) is 55.3 Å². The van der Waals surface area contributed by atoms with Crippen molar-refractivity contribution in [1.82, 2.24) is 24.8 Å². The second kappa shape index (κ2) is 19.9. The molecule has 10 rings (SSSR count). The van der Waals surface area contributed by atoms with Crippen LogP contribution in [0, 0.1) is 6.92 Å². The number of urea groups is 1. The Balaban J connectivity index is 0.688. The van der Waals surface area contributed by atoms with Gasteiger partial charge >= 0.3 is 12.1 Å². The molecule has 0 atom stereocenters. The average molecular weight is 999 g/mol. The zero-order valence-corrected chi connectivity index (χ0v) is 42.4. The molecule has 4 amide bonds. The van der Waals surface area contributed by atoms with Gasteiger partial charge in [0.2, 0.25) is 17.7 Å². The summed E-state index contributed by atoms with van der Waals surface area (Å²) in [6.07, 6.45) is 5.41. The highest BCUT2D eigenvalue weighted by Crippen LogP contribution is 2.40. The van der Waals surface area contributed by atoms with Crippen LogP contribution in [0.25, 0.3) is 0 Å². The summed E-state index contributed by atoms with van der Waals surface area (Å²) in [4.78, 5) is 65.1. The molecule has 5 aromatic rings. The van der Waals surface area contributed by atoms with Crippen molar-refractivity contribution >= 4 is 62.3 Å². The lowest BCUT2D eigenvalue weighted by Crippen LogP contribution is -2.61.